The van der Waals surface area contributed by atoms with E-state index in [1.165, 1.54) is 22.4 Å². The van der Waals surface area contributed by atoms with Crippen molar-refractivity contribution >= 4 is 12.0 Å². The quantitative estimate of drug-likeness (QED) is 0.764. The molecule has 1 aliphatic rings. The van der Waals surface area contributed by atoms with E-state index in [0.717, 1.165) is 25.7 Å². The van der Waals surface area contributed by atoms with Crippen molar-refractivity contribution in [2.45, 2.75) is 39.2 Å². The van der Waals surface area contributed by atoms with Crippen LogP contribution in [0.5, 0.6) is 0 Å². The molecule has 23 heavy (non-hydrogen) atoms. The van der Waals surface area contributed by atoms with Gasteiger partial charge in [-0.1, -0.05) is 43.3 Å². The minimum atomic E-state index is 0.365. The average Bonchev–Trinajstić information content (AvgIpc) is 2.91. The Morgan fingerprint density at radius 3 is 2.57 bits per heavy atom. The summed E-state index contributed by atoms with van der Waals surface area (Å²) in [7, 11) is 0. The number of carbonyl (C=O) groups excluding carboxylic acids is 1. The molecule has 0 saturated carbocycles. The van der Waals surface area contributed by atoms with Gasteiger partial charge < -0.3 is 9.69 Å². The second-order valence-electron chi connectivity index (χ2n) is 6.82. The van der Waals surface area contributed by atoms with E-state index in [0.29, 0.717) is 18.4 Å². The lowest BCUT2D eigenvalue weighted by Crippen LogP contribution is -2.29. The zero-order valence-electron chi connectivity index (χ0n) is 14.0. The smallest absolute Gasteiger partial charge is 0.122 e. The third-order valence-corrected chi connectivity index (χ3v) is 4.92. The average molecular weight is 307 g/mol. The summed E-state index contributed by atoms with van der Waals surface area (Å²) in [5.41, 5.74) is 5.31. The number of hydrogen-bond acceptors (Lipinski definition) is 2. The van der Waals surface area contributed by atoms with Crippen LogP contribution >= 0.6 is 0 Å². The molecule has 2 heteroatoms. The van der Waals surface area contributed by atoms with Gasteiger partial charge in [-0.15, -0.1) is 0 Å². The zero-order chi connectivity index (χ0) is 16.2. The van der Waals surface area contributed by atoms with Gasteiger partial charge in [-0.2, -0.15) is 0 Å². The Hall–Kier alpha value is -2.09. The number of carbonyl (C=O) groups is 1. The van der Waals surface area contributed by atoms with Crippen molar-refractivity contribution in [2.24, 2.45) is 5.92 Å². The Balaban J connectivity index is 1.74. The van der Waals surface area contributed by atoms with Gasteiger partial charge in [0.15, 0.2) is 0 Å². The number of hydrogen-bond donors (Lipinski definition) is 0. The molecule has 0 N–H and O–H groups in total. The molecule has 2 unspecified atom stereocenters. The summed E-state index contributed by atoms with van der Waals surface area (Å²) in [6.45, 7) is 5.49. The van der Waals surface area contributed by atoms with E-state index >= 15 is 0 Å². The number of rotatable bonds is 5. The van der Waals surface area contributed by atoms with Gasteiger partial charge in [0.25, 0.3) is 0 Å². The second kappa shape index (κ2) is 6.99. The molecule has 2 atom stereocenters. The zero-order valence-corrected chi connectivity index (χ0v) is 14.0. The lowest BCUT2D eigenvalue weighted by Gasteiger charge is -2.25. The van der Waals surface area contributed by atoms with E-state index in [1.807, 2.05) is 0 Å². The highest BCUT2D eigenvalue weighted by molar-refractivity contribution is 5.56. The Bertz CT molecular complexity index is 662. The standard InChI is InChI=1S/C21H25NO/c1-16-13-21(11-12-23)22(15-16)20-9-7-18(8-10-20)14-19-6-4-3-5-17(19)2/h3-10,12,16,21H,11,13-15H2,1-2H3. The Morgan fingerprint density at radius 2 is 1.87 bits per heavy atom. The lowest BCUT2D eigenvalue weighted by atomic mass is 10.0. The van der Waals surface area contributed by atoms with E-state index in [-0.39, 0.29) is 0 Å². The molecule has 0 amide bonds. The fourth-order valence-corrected chi connectivity index (χ4v) is 3.64. The molecule has 0 spiro atoms. The van der Waals surface area contributed by atoms with E-state index in [1.54, 1.807) is 0 Å². The summed E-state index contributed by atoms with van der Waals surface area (Å²) < 4.78 is 0. The predicted molar refractivity (Wildman–Crippen MR) is 96.0 cm³/mol. The van der Waals surface area contributed by atoms with Gasteiger partial charge in [-0.3, -0.25) is 0 Å². The number of benzene rings is 2. The number of aryl methyl sites for hydroxylation is 1. The Labute approximate surface area is 139 Å². The molecule has 1 fully saturated rings. The highest BCUT2D eigenvalue weighted by Gasteiger charge is 2.29. The maximum Gasteiger partial charge on any atom is 0.122 e. The topological polar surface area (TPSA) is 20.3 Å². The summed E-state index contributed by atoms with van der Waals surface area (Å²) in [5.74, 6) is 0.659. The van der Waals surface area contributed by atoms with Crippen LogP contribution in [-0.2, 0) is 11.2 Å². The van der Waals surface area contributed by atoms with Gasteiger partial charge in [-0.25, -0.2) is 0 Å². The monoisotopic (exact) mass is 307 g/mol. The number of anilines is 1. The highest BCUT2D eigenvalue weighted by Crippen LogP contribution is 2.30. The Morgan fingerprint density at radius 1 is 1.13 bits per heavy atom. The molecule has 0 bridgehead atoms. The maximum absolute atomic E-state index is 10.9. The minimum Gasteiger partial charge on any atom is -0.368 e. The third kappa shape index (κ3) is 3.64. The van der Waals surface area contributed by atoms with E-state index < -0.39 is 0 Å². The summed E-state index contributed by atoms with van der Waals surface area (Å²) in [6, 6.07) is 17.8. The van der Waals surface area contributed by atoms with Crippen LogP contribution in [0, 0.1) is 12.8 Å². The second-order valence-corrected chi connectivity index (χ2v) is 6.82. The molecule has 0 aromatic heterocycles. The fourth-order valence-electron chi connectivity index (χ4n) is 3.64. The van der Waals surface area contributed by atoms with Crippen molar-refractivity contribution in [3.8, 4) is 0 Å². The van der Waals surface area contributed by atoms with Crippen molar-refractivity contribution in [1.29, 1.82) is 0 Å². The van der Waals surface area contributed by atoms with Crippen molar-refractivity contribution in [2.75, 3.05) is 11.4 Å². The molecule has 2 aromatic rings. The Kier molecular flexibility index (Phi) is 4.80. The molecular weight excluding hydrogens is 282 g/mol. The van der Waals surface area contributed by atoms with E-state index in [9.17, 15) is 4.79 Å². The van der Waals surface area contributed by atoms with Crippen LogP contribution in [0.15, 0.2) is 48.5 Å². The van der Waals surface area contributed by atoms with Crippen molar-refractivity contribution in [1.82, 2.24) is 0 Å². The van der Waals surface area contributed by atoms with Crippen LogP contribution in [0.25, 0.3) is 0 Å². The molecular formula is C21H25NO. The molecule has 0 radical (unpaired) electrons. The first-order chi connectivity index (χ1) is 11.2. The first-order valence-electron chi connectivity index (χ1n) is 8.51. The summed E-state index contributed by atoms with van der Waals surface area (Å²) >= 11 is 0. The van der Waals surface area contributed by atoms with Crippen LogP contribution in [0.2, 0.25) is 0 Å². The van der Waals surface area contributed by atoms with E-state index in [4.69, 9.17) is 0 Å². The SMILES string of the molecule is Cc1ccccc1Cc1ccc(N2CC(C)CC2CC=O)cc1. The van der Waals surface area contributed by atoms with Gasteiger partial charge in [0.1, 0.15) is 6.29 Å². The molecule has 3 rings (SSSR count). The predicted octanol–water partition coefficient (Wildman–Crippen LogP) is 4.39. The van der Waals surface area contributed by atoms with E-state index in [2.05, 4.69) is 67.3 Å². The van der Waals surface area contributed by atoms with Gasteiger partial charge in [0.2, 0.25) is 0 Å². The minimum absolute atomic E-state index is 0.365. The van der Waals surface area contributed by atoms with Crippen LogP contribution in [0.1, 0.15) is 36.5 Å². The third-order valence-electron chi connectivity index (χ3n) is 4.92. The fraction of sp³-hybridized carbons (Fsp3) is 0.381. The summed E-state index contributed by atoms with van der Waals surface area (Å²) in [4.78, 5) is 13.3. The van der Waals surface area contributed by atoms with Crippen LogP contribution < -0.4 is 4.90 Å². The summed E-state index contributed by atoms with van der Waals surface area (Å²) in [6.07, 6.45) is 3.78. The molecule has 2 nitrogen and oxygen atoms in total. The maximum atomic E-state index is 10.9. The van der Waals surface area contributed by atoms with Crippen LogP contribution in [0.4, 0.5) is 5.69 Å². The van der Waals surface area contributed by atoms with Gasteiger partial charge in [0, 0.05) is 24.7 Å². The largest absolute Gasteiger partial charge is 0.368 e. The molecule has 1 saturated heterocycles. The van der Waals surface area contributed by atoms with Gasteiger partial charge >= 0.3 is 0 Å². The molecule has 1 aliphatic heterocycles. The van der Waals surface area contributed by atoms with Crippen molar-refractivity contribution < 1.29 is 4.79 Å². The van der Waals surface area contributed by atoms with Crippen LogP contribution in [-0.4, -0.2) is 18.9 Å². The normalized spacial score (nSPS) is 20.7. The van der Waals surface area contributed by atoms with Gasteiger partial charge in [0.05, 0.1) is 0 Å². The van der Waals surface area contributed by atoms with Crippen molar-refractivity contribution in [3.63, 3.8) is 0 Å². The van der Waals surface area contributed by atoms with Crippen LogP contribution in [0.3, 0.4) is 0 Å². The molecule has 2 aromatic carbocycles. The number of nitrogens with zero attached hydrogens (tertiary/aromatic N) is 1. The van der Waals surface area contributed by atoms with Gasteiger partial charge in [-0.05, 0) is 54.5 Å². The lowest BCUT2D eigenvalue weighted by molar-refractivity contribution is -0.108. The molecule has 120 valence electrons. The van der Waals surface area contributed by atoms with Crippen molar-refractivity contribution in [3.05, 3.63) is 65.2 Å². The summed E-state index contributed by atoms with van der Waals surface area (Å²) in [5, 5.41) is 0. The highest BCUT2D eigenvalue weighted by atomic mass is 16.1. The first-order valence-corrected chi connectivity index (χ1v) is 8.51. The molecule has 1 heterocycles. The molecule has 0 aliphatic carbocycles. The number of aldehydes is 1. The first kappa shape index (κ1) is 15.8.